The summed E-state index contributed by atoms with van der Waals surface area (Å²) in [5.74, 6) is 1.22. The maximum Gasteiger partial charge on any atom is 0.173 e. The number of halogens is 1. The van der Waals surface area contributed by atoms with E-state index < -0.39 is 0 Å². The van der Waals surface area contributed by atoms with Gasteiger partial charge in [-0.3, -0.25) is 9.97 Å². The van der Waals surface area contributed by atoms with E-state index in [9.17, 15) is 0 Å². The summed E-state index contributed by atoms with van der Waals surface area (Å²) in [7, 11) is 0. The molecule has 1 atom stereocenters. The molecule has 0 radical (unpaired) electrons. The zero-order chi connectivity index (χ0) is 20.4. The molecule has 6 nitrogen and oxygen atoms in total. The van der Waals surface area contributed by atoms with Gasteiger partial charge in [0.05, 0.1) is 24.0 Å². The van der Waals surface area contributed by atoms with Gasteiger partial charge in [-0.2, -0.15) is 0 Å². The molecule has 4 rings (SSSR count). The number of thiocarbonyl (C=S) groups is 1. The van der Waals surface area contributed by atoms with Crippen LogP contribution in [-0.4, -0.2) is 50.6 Å². The Morgan fingerprint density at radius 2 is 2.07 bits per heavy atom. The van der Waals surface area contributed by atoms with Crippen LogP contribution in [0, 0.1) is 5.92 Å². The third kappa shape index (κ3) is 4.26. The van der Waals surface area contributed by atoms with Crippen molar-refractivity contribution in [2.45, 2.75) is 19.9 Å². The van der Waals surface area contributed by atoms with E-state index >= 15 is 0 Å². The van der Waals surface area contributed by atoms with Crippen LogP contribution in [0.25, 0.3) is 10.9 Å². The van der Waals surface area contributed by atoms with E-state index in [0.29, 0.717) is 11.1 Å². The molecule has 1 aromatic carbocycles. The largest absolute Gasteiger partial charge is 0.351 e. The molecule has 1 N–H and O–H groups in total. The van der Waals surface area contributed by atoms with Crippen molar-refractivity contribution in [1.29, 1.82) is 0 Å². The van der Waals surface area contributed by atoms with Crippen molar-refractivity contribution in [2.75, 3.05) is 29.9 Å². The number of hydrogen-bond acceptors (Lipinski definition) is 5. The second kappa shape index (κ2) is 8.47. The molecule has 1 aliphatic heterocycles. The van der Waals surface area contributed by atoms with E-state index in [-0.39, 0.29) is 6.04 Å². The molecule has 1 saturated heterocycles. The van der Waals surface area contributed by atoms with Gasteiger partial charge < -0.3 is 15.1 Å². The number of nitrogens with one attached hydrogen (secondary N) is 1. The lowest BCUT2D eigenvalue weighted by atomic mass is 10.00. The highest BCUT2D eigenvalue weighted by atomic mass is 35.5. The van der Waals surface area contributed by atoms with E-state index in [2.05, 4.69) is 50.0 Å². The fourth-order valence-electron chi connectivity index (χ4n) is 3.73. The van der Waals surface area contributed by atoms with Crippen molar-refractivity contribution in [3.8, 4) is 0 Å². The number of benzene rings is 1. The Kier molecular flexibility index (Phi) is 5.78. The number of hydrogen-bond donors (Lipinski definition) is 1. The van der Waals surface area contributed by atoms with Gasteiger partial charge in [-0.1, -0.05) is 31.5 Å². The van der Waals surface area contributed by atoms with Gasteiger partial charge in [0.15, 0.2) is 5.11 Å². The lowest BCUT2D eigenvalue weighted by molar-refractivity contribution is 0.227. The van der Waals surface area contributed by atoms with E-state index in [0.717, 1.165) is 47.2 Å². The van der Waals surface area contributed by atoms with Crippen LogP contribution in [0.5, 0.6) is 0 Å². The minimum atomic E-state index is 0.248. The van der Waals surface area contributed by atoms with Crippen molar-refractivity contribution in [1.82, 2.24) is 19.9 Å². The summed E-state index contributed by atoms with van der Waals surface area (Å²) < 4.78 is 0. The van der Waals surface area contributed by atoms with Gasteiger partial charge in [0.2, 0.25) is 0 Å². The van der Waals surface area contributed by atoms with E-state index in [1.54, 1.807) is 18.6 Å². The number of piperazine rings is 1. The van der Waals surface area contributed by atoms with Gasteiger partial charge in [0.1, 0.15) is 11.0 Å². The number of fused-ring (bicyclic) bond motifs is 1. The average Bonchev–Trinajstić information content (AvgIpc) is 2.73. The van der Waals surface area contributed by atoms with Crippen LogP contribution in [0.4, 0.5) is 11.5 Å². The van der Waals surface area contributed by atoms with Crippen LogP contribution in [-0.2, 0) is 0 Å². The van der Waals surface area contributed by atoms with Crippen molar-refractivity contribution in [3.05, 3.63) is 54.1 Å². The van der Waals surface area contributed by atoms with E-state index in [1.807, 2.05) is 24.3 Å². The van der Waals surface area contributed by atoms with Gasteiger partial charge in [0, 0.05) is 36.9 Å². The monoisotopic (exact) mass is 426 g/mol. The number of pyridine rings is 1. The van der Waals surface area contributed by atoms with E-state index in [4.69, 9.17) is 23.8 Å². The fourth-order valence-corrected chi connectivity index (χ4v) is 4.20. The fraction of sp³-hybridized carbons (Fsp3) is 0.333. The van der Waals surface area contributed by atoms with Crippen LogP contribution >= 0.6 is 23.8 Å². The summed E-state index contributed by atoms with van der Waals surface area (Å²) in [4.78, 5) is 17.5. The minimum Gasteiger partial charge on any atom is -0.351 e. The zero-order valence-electron chi connectivity index (χ0n) is 16.4. The standard InChI is InChI=1S/C21H23ClN6S/c1-14(2)18-13-27(20-12-23-11-19(22)26-20)9-10-28(18)21(29)25-17-7-3-6-16-15(17)5-4-8-24-16/h3-8,11-12,14,18H,9-10,13H2,1-2H3,(H,25,29). The van der Waals surface area contributed by atoms with Crippen LogP contribution < -0.4 is 10.2 Å². The van der Waals surface area contributed by atoms with Gasteiger partial charge in [0.25, 0.3) is 0 Å². The van der Waals surface area contributed by atoms with Crippen LogP contribution in [0.3, 0.4) is 0 Å². The molecule has 3 aromatic rings. The van der Waals surface area contributed by atoms with Gasteiger partial charge in [-0.15, -0.1) is 0 Å². The Morgan fingerprint density at radius 3 is 2.86 bits per heavy atom. The highest BCUT2D eigenvalue weighted by Crippen LogP contribution is 2.25. The molecule has 8 heteroatoms. The molecule has 1 aliphatic rings. The molecule has 1 unspecified atom stereocenters. The van der Waals surface area contributed by atoms with Crippen molar-refractivity contribution >= 4 is 51.3 Å². The van der Waals surface area contributed by atoms with Crippen LogP contribution in [0.1, 0.15) is 13.8 Å². The number of nitrogens with zero attached hydrogens (tertiary/aromatic N) is 5. The number of rotatable bonds is 3. The maximum absolute atomic E-state index is 6.03. The summed E-state index contributed by atoms with van der Waals surface area (Å²) in [5.41, 5.74) is 1.93. The number of anilines is 2. The van der Waals surface area contributed by atoms with Gasteiger partial charge >= 0.3 is 0 Å². The first-order valence-electron chi connectivity index (χ1n) is 9.67. The van der Waals surface area contributed by atoms with Crippen molar-refractivity contribution in [2.24, 2.45) is 5.92 Å². The normalized spacial score (nSPS) is 17.0. The Hall–Kier alpha value is -2.51. The molecular weight excluding hydrogens is 404 g/mol. The SMILES string of the molecule is CC(C)C1CN(c2cncc(Cl)n2)CCN1C(=S)Nc1cccc2ncccc12. The van der Waals surface area contributed by atoms with Crippen molar-refractivity contribution in [3.63, 3.8) is 0 Å². The lowest BCUT2D eigenvalue weighted by Crippen LogP contribution is -2.58. The predicted octanol–water partition coefficient (Wildman–Crippen LogP) is 4.22. The minimum absolute atomic E-state index is 0.248. The second-order valence-electron chi connectivity index (χ2n) is 7.46. The molecule has 150 valence electrons. The summed E-state index contributed by atoms with van der Waals surface area (Å²) >= 11 is 11.9. The molecule has 0 bridgehead atoms. The Labute approximate surface area is 180 Å². The maximum atomic E-state index is 6.03. The van der Waals surface area contributed by atoms with Crippen LogP contribution in [0.15, 0.2) is 48.9 Å². The van der Waals surface area contributed by atoms with Crippen molar-refractivity contribution < 1.29 is 0 Å². The predicted molar refractivity (Wildman–Crippen MR) is 123 cm³/mol. The van der Waals surface area contributed by atoms with Gasteiger partial charge in [-0.25, -0.2) is 4.98 Å². The Morgan fingerprint density at radius 1 is 1.21 bits per heavy atom. The first kappa shape index (κ1) is 19.8. The quantitative estimate of drug-likeness (QED) is 0.629. The van der Waals surface area contributed by atoms with E-state index in [1.165, 1.54) is 0 Å². The smallest absolute Gasteiger partial charge is 0.173 e. The molecule has 0 aliphatic carbocycles. The topological polar surface area (TPSA) is 57.2 Å². The molecule has 3 heterocycles. The third-order valence-electron chi connectivity index (χ3n) is 5.25. The first-order chi connectivity index (χ1) is 14.0. The highest BCUT2D eigenvalue weighted by Gasteiger charge is 2.31. The summed E-state index contributed by atoms with van der Waals surface area (Å²) in [6.07, 6.45) is 5.12. The van der Waals surface area contributed by atoms with Crippen LogP contribution in [0.2, 0.25) is 5.15 Å². The third-order valence-corrected chi connectivity index (χ3v) is 5.77. The molecule has 0 saturated carbocycles. The Balaban J connectivity index is 1.53. The number of aromatic nitrogens is 3. The summed E-state index contributed by atoms with van der Waals surface area (Å²) in [6.45, 7) is 6.85. The molecule has 1 fully saturated rings. The molecule has 29 heavy (non-hydrogen) atoms. The Bertz CT molecular complexity index is 1020. The second-order valence-corrected chi connectivity index (χ2v) is 8.23. The zero-order valence-corrected chi connectivity index (χ0v) is 18.0. The molecule has 0 spiro atoms. The first-order valence-corrected chi connectivity index (χ1v) is 10.5. The summed E-state index contributed by atoms with van der Waals surface area (Å²) in [6, 6.07) is 10.3. The summed E-state index contributed by atoms with van der Waals surface area (Å²) in [5, 5.41) is 5.66. The highest BCUT2D eigenvalue weighted by molar-refractivity contribution is 7.80. The molecule has 0 amide bonds. The van der Waals surface area contributed by atoms with Gasteiger partial charge in [-0.05, 0) is 42.4 Å². The average molecular weight is 427 g/mol. The molecule has 2 aromatic heterocycles. The lowest BCUT2D eigenvalue weighted by Gasteiger charge is -2.45. The molecular formula is C21H23ClN6S.